The zero-order chi connectivity index (χ0) is 8.20. The van der Waals surface area contributed by atoms with Gasteiger partial charge in [0, 0.05) is 6.21 Å². The summed E-state index contributed by atoms with van der Waals surface area (Å²) in [6, 6.07) is 0. The first kappa shape index (κ1) is 9.67. The maximum absolute atomic E-state index is 7.15. The number of hydrogen-bond donors (Lipinski definition) is 1. The first-order valence-electron chi connectivity index (χ1n) is 4.03. The molecule has 0 bridgehead atoms. The van der Waals surface area contributed by atoms with Crippen molar-refractivity contribution in [1.82, 2.24) is 0 Å². The molecular weight excluding hydrogens is 122 g/mol. The molecule has 0 amide bonds. The van der Waals surface area contributed by atoms with Gasteiger partial charge in [-0.3, -0.25) is 0 Å². The van der Waals surface area contributed by atoms with Gasteiger partial charge < -0.3 is 5.41 Å². The molecule has 0 aliphatic rings. The van der Waals surface area contributed by atoms with E-state index >= 15 is 0 Å². The lowest BCUT2D eigenvalue weighted by atomic mass is 9.84. The molecule has 0 aromatic rings. The van der Waals surface area contributed by atoms with E-state index in [0.717, 1.165) is 12.3 Å². The van der Waals surface area contributed by atoms with Crippen LogP contribution in [0.15, 0.2) is 0 Å². The normalized spacial score (nSPS) is 14.8. The third-order valence-corrected chi connectivity index (χ3v) is 1.96. The Kier molecular flexibility index (Phi) is 3.62. The average Bonchev–Trinajstić information content (AvgIpc) is 1.87. The topological polar surface area (TPSA) is 23.9 Å². The maximum Gasteiger partial charge on any atom is 0.000877 e. The molecule has 0 saturated carbocycles. The number of rotatable bonds is 4. The summed E-state index contributed by atoms with van der Waals surface area (Å²) >= 11 is 0. The van der Waals surface area contributed by atoms with Crippen LogP contribution in [0.4, 0.5) is 0 Å². The van der Waals surface area contributed by atoms with Crippen molar-refractivity contribution < 1.29 is 0 Å². The molecule has 10 heavy (non-hydrogen) atoms. The van der Waals surface area contributed by atoms with E-state index in [1.165, 1.54) is 6.42 Å². The summed E-state index contributed by atoms with van der Waals surface area (Å²) in [7, 11) is 0. The standard InChI is InChI=1S/C9H19N/c1-5-8(2)6-9(3,4)7-10/h7-8,10H,5-6H2,1-4H3. The molecule has 0 radical (unpaired) electrons. The SMILES string of the molecule is CCC(C)CC(C)(C)C=N. The Labute approximate surface area is 64.3 Å². The Morgan fingerprint density at radius 2 is 2.00 bits per heavy atom. The lowest BCUT2D eigenvalue weighted by Gasteiger charge is -2.22. The smallest absolute Gasteiger partial charge is 0.000877 e. The second-order valence-corrected chi connectivity index (χ2v) is 3.85. The van der Waals surface area contributed by atoms with Gasteiger partial charge >= 0.3 is 0 Å². The first-order chi connectivity index (χ1) is 4.52. The minimum Gasteiger partial charge on any atom is -0.313 e. The van der Waals surface area contributed by atoms with Gasteiger partial charge in [0.15, 0.2) is 0 Å². The fourth-order valence-electron chi connectivity index (χ4n) is 1.10. The van der Waals surface area contributed by atoms with Crippen LogP contribution < -0.4 is 0 Å². The second kappa shape index (κ2) is 3.75. The van der Waals surface area contributed by atoms with Crippen LogP contribution in [0.3, 0.4) is 0 Å². The quantitative estimate of drug-likeness (QED) is 0.582. The molecule has 0 aromatic carbocycles. The Bertz CT molecular complexity index is 105. The van der Waals surface area contributed by atoms with Gasteiger partial charge in [0.25, 0.3) is 0 Å². The molecule has 1 N–H and O–H groups in total. The van der Waals surface area contributed by atoms with E-state index in [4.69, 9.17) is 5.41 Å². The lowest BCUT2D eigenvalue weighted by Crippen LogP contribution is -2.16. The highest BCUT2D eigenvalue weighted by atomic mass is 14.4. The molecule has 60 valence electrons. The lowest BCUT2D eigenvalue weighted by molar-refractivity contribution is 0.372. The fourth-order valence-corrected chi connectivity index (χ4v) is 1.10. The van der Waals surface area contributed by atoms with Crippen molar-refractivity contribution in [2.24, 2.45) is 11.3 Å². The summed E-state index contributed by atoms with van der Waals surface area (Å²) in [5.41, 5.74) is 0.107. The van der Waals surface area contributed by atoms with Crippen molar-refractivity contribution in [2.75, 3.05) is 0 Å². The van der Waals surface area contributed by atoms with Crippen LogP contribution in [0.25, 0.3) is 0 Å². The van der Waals surface area contributed by atoms with Crippen molar-refractivity contribution in [3.05, 3.63) is 0 Å². The van der Waals surface area contributed by atoms with Crippen LogP contribution in [-0.4, -0.2) is 6.21 Å². The highest BCUT2D eigenvalue weighted by Gasteiger charge is 2.16. The van der Waals surface area contributed by atoms with E-state index < -0.39 is 0 Å². The van der Waals surface area contributed by atoms with Gasteiger partial charge in [-0.25, -0.2) is 0 Å². The third-order valence-electron chi connectivity index (χ3n) is 1.96. The van der Waals surface area contributed by atoms with Gasteiger partial charge in [-0.05, 0) is 17.8 Å². The summed E-state index contributed by atoms with van der Waals surface area (Å²) in [4.78, 5) is 0. The summed E-state index contributed by atoms with van der Waals surface area (Å²) in [6.45, 7) is 8.67. The van der Waals surface area contributed by atoms with Crippen molar-refractivity contribution in [3.8, 4) is 0 Å². The van der Waals surface area contributed by atoms with Gasteiger partial charge in [0.1, 0.15) is 0 Å². The van der Waals surface area contributed by atoms with E-state index in [1.807, 2.05) is 0 Å². The summed E-state index contributed by atoms with van der Waals surface area (Å²) in [6.07, 6.45) is 3.91. The number of hydrogen-bond acceptors (Lipinski definition) is 1. The zero-order valence-corrected chi connectivity index (χ0v) is 7.57. The van der Waals surface area contributed by atoms with E-state index in [1.54, 1.807) is 6.21 Å². The highest BCUT2D eigenvalue weighted by Crippen LogP contribution is 2.24. The van der Waals surface area contributed by atoms with E-state index in [2.05, 4.69) is 27.7 Å². The van der Waals surface area contributed by atoms with Gasteiger partial charge in [-0.15, -0.1) is 0 Å². The van der Waals surface area contributed by atoms with Crippen LogP contribution in [0.5, 0.6) is 0 Å². The minimum atomic E-state index is 0.107. The predicted octanol–water partition coefficient (Wildman–Crippen LogP) is 3.10. The van der Waals surface area contributed by atoms with Crippen LogP contribution in [0.1, 0.15) is 40.5 Å². The molecule has 0 saturated heterocycles. The molecule has 0 spiro atoms. The van der Waals surface area contributed by atoms with Gasteiger partial charge in [-0.1, -0.05) is 34.1 Å². The maximum atomic E-state index is 7.15. The fraction of sp³-hybridized carbons (Fsp3) is 0.889. The largest absolute Gasteiger partial charge is 0.313 e. The minimum absolute atomic E-state index is 0.107. The molecule has 1 atom stereocenters. The van der Waals surface area contributed by atoms with Crippen molar-refractivity contribution >= 4 is 6.21 Å². The molecule has 1 nitrogen and oxygen atoms in total. The molecule has 0 aliphatic heterocycles. The molecule has 0 aliphatic carbocycles. The molecule has 0 aromatic heterocycles. The van der Waals surface area contributed by atoms with Gasteiger partial charge in [-0.2, -0.15) is 0 Å². The Morgan fingerprint density at radius 3 is 2.30 bits per heavy atom. The predicted molar refractivity (Wildman–Crippen MR) is 46.6 cm³/mol. The van der Waals surface area contributed by atoms with Crippen molar-refractivity contribution in [3.63, 3.8) is 0 Å². The second-order valence-electron chi connectivity index (χ2n) is 3.85. The number of nitrogens with one attached hydrogen (secondary N) is 1. The molecule has 1 unspecified atom stereocenters. The van der Waals surface area contributed by atoms with Crippen LogP contribution in [-0.2, 0) is 0 Å². The van der Waals surface area contributed by atoms with E-state index in [9.17, 15) is 0 Å². The van der Waals surface area contributed by atoms with E-state index in [-0.39, 0.29) is 5.41 Å². The molecule has 0 rings (SSSR count). The van der Waals surface area contributed by atoms with E-state index in [0.29, 0.717) is 0 Å². The van der Waals surface area contributed by atoms with Crippen molar-refractivity contribution in [2.45, 2.75) is 40.5 Å². The Hall–Kier alpha value is -0.330. The van der Waals surface area contributed by atoms with Crippen LogP contribution in [0.2, 0.25) is 0 Å². The first-order valence-corrected chi connectivity index (χ1v) is 4.03. The summed E-state index contributed by atoms with van der Waals surface area (Å²) < 4.78 is 0. The average molecular weight is 141 g/mol. The molecule has 1 heteroatoms. The monoisotopic (exact) mass is 141 g/mol. The summed E-state index contributed by atoms with van der Waals surface area (Å²) in [5, 5.41) is 7.15. The van der Waals surface area contributed by atoms with Gasteiger partial charge in [0.05, 0.1) is 0 Å². The van der Waals surface area contributed by atoms with Crippen molar-refractivity contribution in [1.29, 1.82) is 5.41 Å². The Morgan fingerprint density at radius 1 is 1.50 bits per heavy atom. The van der Waals surface area contributed by atoms with Gasteiger partial charge in [0.2, 0.25) is 0 Å². The Balaban J connectivity index is 3.75. The highest BCUT2D eigenvalue weighted by molar-refractivity contribution is 5.60. The molecule has 0 fully saturated rings. The zero-order valence-electron chi connectivity index (χ0n) is 7.57. The third kappa shape index (κ3) is 3.65. The summed E-state index contributed by atoms with van der Waals surface area (Å²) in [5.74, 6) is 0.747. The molecular formula is C9H19N. The van der Waals surface area contributed by atoms with Crippen LogP contribution >= 0.6 is 0 Å². The molecule has 0 heterocycles. The van der Waals surface area contributed by atoms with Crippen LogP contribution in [0, 0.1) is 16.7 Å².